The van der Waals surface area contributed by atoms with Gasteiger partial charge in [-0.15, -0.1) is 0 Å². The van der Waals surface area contributed by atoms with Crippen LogP contribution >= 0.6 is 0 Å². The number of rotatable bonds is 6. The molecule has 0 atom stereocenters. The number of hydrogen-bond acceptors (Lipinski definition) is 4. The molecule has 0 saturated heterocycles. The molecular formula is C22H23N3O3S. The van der Waals surface area contributed by atoms with E-state index in [0.29, 0.717) is 16.8 Å². The summed E-state index contributed by atoms with van der Waals surface area (Å²) in [6.45, 7) is 3.59. The number of sulfonamides is 1. The number of carbonyl (C=O) groups is 1. The van der Waals surface area contributed by atoms with Gasteiger partial charge in [0.2, 0.25) is 0 Å². The van der Waals surface area contributed by atoms with Crippen molar-refractivity contribution in [3.63, 3.8) is 0 Å². The summed E-state index contributed by atoms with van der Waals surface area (Å²) in [4.78, 5) is 12.8. The van der Waals surface area contributed by atoms with Crippen molar-refractivity contribution < 1.29 is 13.2 Å². The quantitative estimate of drug-likeness (QED) is 0.606. The standard InChI is InChI=1S/C22H23N3O3S/c1-16-12-13-17(2)21(14-16)29(27,28)24-19-9-7-8-18(15-19)22(26)23-25(3)20-10-5-4-6-11-20/h4-15,24H,1-3H3,(H,23,26). The molecule has 1 amide bonds. The van der Waals surface area contributed by atoms with Crippen LogP contribution in [0.2, 0.25) is 0 Å². The van der Waals surface area contributed by atoms with Crippen molar-refractivity contribution in [1.82, 2.24) is 5.43 Å². The van der Waals surface area contributed by atoms with Crippen molar-refractivity contribution in [2.45, 2.75) is 18.7 Å². The van der Waals surface area contributed by atoms with Gasteiger partial charge in [0.1, 0.15) is 0 Å². The highest BCUT2D eigenvalue weighted by molar-refractivity contribution is 7.92. The van der Waals surface area contributed by atoms with Crippen molar-refractivity contribution in [3.05, 3.63) is 89.5 Å². The van der Waals surface area contributed by atoms with Crippen LogP contribution in [0.25, 0.3) is 0 Å². The molecule has 0 bridgehead atoms. The molecule has 6 nitrogen and oxygen atoms in total. The molecule has 0 fully saturated rings. The molecule has 0 spiro atoms. The lowest BCUT2D eigenvalue weighted by atomic mass is 10.2. The third-order valence-corrected chi connectivity index (χ3v) is 5.95. The molecule has 0 aromatic heterocycles. The van der Waals surface area contributed by atoms with E-state index in [1.54, 1.807) is 49.3 Å². The average molecular weight is 410 g/mol. The van der Waals surface area contributed by atoms with Crippen LogP contribution in [0.15, 0.2) is 77.7 Å². The number of amides is 1. The second-order valence-electron chi connectivity index (χ2n) is 6.79. The molecule has 0 aliphatic carbocycles. The average Bonchev–Trinajstić information content (AvgIpc) is 2.70. The first-order valence-corrected chi connectivity index (χ1v) is 10.5. The molecular weight excluding hydrogens is 386 g/mol. The smallest absolute Gasteiger partial charge is 0.269 e. The fourth-order valence-electron chi connectivity index (χ4n) is 2.86. The zero-order valence-electron chi connectivity index (χ0n) is 16.5. The molecule has 2 N–H and O–H groups in total. The Kier molecular flexibility index (Phi) is 5.89. The number of carbonyl (C=O) groups excluding carboxylic acids is 1. The lowest BCUT2D eigenvalue weighted by Crippen LogP contribution is -2.39. The van der Waals surface area contributed by atoms with Crippen LogP contribution in [0.3, 0.4) is 0 Å². The molecule has 0 unspecified atom stereocenters. The van der Waals surface area contributed by atoms with Crippen LogP contribution in [-0.2, 0) is 10.0 Å². The Morgan fingerprint density at radius 3 is 2.34 bits per heavy atom. The van der Waals surface area contributed by atoms with E-state index in [9.17, 15) is 13.2 Å². The number of hydrogen-bond donors (Lipinski definition) is 2. The number of anilines is 2. The van der Waals surface area contributed by atoms with Crippen LogP contribution in [0.5, 0.6) is 0 Å². The number of benzene rings is 3. The lowest BCUT2D eigenvalue weighted by molar-refractivity contribution is 0.0951. The molecule has 0 saturated carbocycles. The Balaban J connectivity index is 1.79. The van der Waals surface area contributed by atoms with Crippen LogP contribution in [-0.4, -0.2) is 21.4 Å². The van der Waals surface area contributed by atoms with Gasteiger partial charge in [0.15, 0.2) is 0 Å². The van der Waals surface area contributed by atoms with Crippen LogP contribution < -0.4 is 15.2 Å². The SMILES string of the molecule is Cc1ccc(C)c(S(=O)(=O)Nc2cccc(C(=O)NN(C)c3ccccc3)c2)c1. The van der Waals surface area contributed by atoms with Crippen LogP contribution in [0.1, 0.15) is 21.5 Å². The summed E-state index contributed by atoms with van der Waals surface area (Å²) in [5.74, 6) is -0.343. The topological polar surface area (TPSA) is 78.5 Å². The minimum absolute atomic E-state index is 0.219. The van der Waals surface area contributed by atoms with Gasteiger partial charge in [-0.25, -0.2) is 8.42 Å². The molecule has 3 rings (SSSR count). The molecule has 7 heteroatoms. The zero-order valence-corrected chi connectivity index (χ0v) is 17.3. The van der Waals surface area contributed by atoms with E-state index in [4.69, 9.17) is 0 Å². The fraction of sp³-hybridized carbons (Fsp3) is 0.136. The van der Waals surface area contributed by atoms with Gasteiger partial charge in [0, 0.05) is 18.3 Å². The maximum atomic E-state index is 12.8. The van der Waals surface area contributed by atoms with Gasteiger partial charge in [-0.3, -0.25) is 20.0 Å². The Bertz CT molecular complexity index is 1130. The zero-order chi connectivity index (χ0) is 21.0. The summed E-state index contributed by atoms with van der Waals surface area (Å²) < 4.78 is 28.2. The van der Waals surface area contributed by atoms with E-state index in [0.717, 1.165) is 11.3 Å². The van der Waals surface area contributed by atoms with Gasteiger partial charge in [-0.1, -0.05) is 36.4 Å². The molecule has 0 heterocycles. The predicted octanol–water partition coefficient (Wildman–Crippen LogP) is 3.89. The first-order chi connectivity index (χ1) is 13.8. The van der Waals surface area contributed by atoms with E-state index >= 15 is 0 Å². The summed E-state index contributed by atoms with van der Waals surface area (Å²) in [5, 5.41) is 1.61. The number of nitrogens with one attached hydrogen (secondary N) is 2. The van der Waals surface area contributed by atoms with Crippen LogP contribution in [0, 0.1) is 13.8 Å². The highest BCUT2D eigenvalue weighted by atomic mass is 32.2. The van der Waals surface area contributed by atoms with Gasteiger partial charge >= 0.3 is 0 Å². The number of para-hydroxylation sites is 1. The second kappa shape index (κ2) is 8.36. The van der Waals surface area contributed by atoms with Gasteiger partial charge in [-0.2, -0.15) is 0 Å². The molecule has 0 aliphatic rings. The highest BCUT2D eigenvalue weighted by Gasteiger charge is 2.18. The Labute approximate surface area is 171 Å². The lowest BCUT2D eigenvalue weighted by Gasteiger charge is -2.20. The third kappa shape index (κ3) is 4.94. The maximum absolute atomic E-state index is 12.8. The number of aryl methyl sites for hydroxylation is 2. The maximum Gasteiger partial charge on any atom is 0.269 e. The van der Waals surface area contributed by atoms with E-state index < -0.39 is 10.0 Å². The molecule has 0 aliphatic heterocycles. The van der Waals surface area contributed by atoms with Crippen molar-refractivity contribution >= 4 is 27.3 Å². The molecule has 0 radical (unpaired) electrons. The number of hydrazine groups is 1. The summed E-state index contributed by atoms with van der Waals surface area (Å²) in [7, 11) is -2.03. The molecule has 150 valence electrons. The summed E-state index contributed by atoms with van der Waals surface area (Å²) in [6.07, 6.45) is 0. The van der Waals surface area contributed by atoms with Gasteiger partial charge in [0.25, 0.3) is 15.9 Å². The van der Waals surface area contributed by atoms with Crippen LogP contribution in [0.4, 0.5) is 11.4 Å². The minimum Gasteiger partial charge on any atom is -0.288 e. The predicted molar refractivity (Wildman–Crippen MR) is 115 cm³/mol. The Hall–Kier alpha value is -3.32. The first kappa shape index (κ1) is 20.4. The van der Waals surface area contributed by atoms with E-state index in [1.165, 1.54) is 6.07 Å². The molecule has 29 heavy (non-hydrogen) atoms. The van der Waals surface area contributed by atoms with Gasteiger partial charge in [-0.05, 0) is 61.4 Å². The van der Waals surface area contributed by atoms with Gasteiger partial charge < -0.3 is 0 Å². The van der Waals surface area contributed by atoms with E-state index in [1.807, 2.05) is 43.3 Å². The second-order valence-corrected chi connectivity index (χ2v) is 8.44. The largest absolute Gasteiger partial charge is 0.288 e. The third-order valence-electron chi connectivity index (χ3n) is 4.42. The minimum atomic E-state index is -3.77. The number of nitrogens with zero attached hydrogens (tertiary/aromatic N) is 1. The van der Waals surface area contributed by atoms with Gasteiger partial charge in [0.05, 0.1) is 10.6 Å². The fourth-order valence-corrected chi connectivity index (χ4v) is 4.24. The summed E-state index contributed by atoms with van der Waals surface area (Å²) >= 11 is 0. The van der Waals surface area contributed by atoms with Crippen molar-refractivity contribution in [2.75, 3.05) is 16.8 Å². The summed E-state index contributed by atoms with van der Waals surface area (Å²) in [5.41, 5.74) is 5.77. The van der Waals surface area contributed by atoms with E-state index in [2.05, 4.69) is 10.1 Å². The highest BCUT2D eigenvalue weighted by Crippen LogP contribution is 2.21. The molecule has 3 aromatic carbocycles. The normalized spacial score (nSPS) is 11.0. The Morgan fingerprint density at radius 1 is 0.897 bits per heavy atom. The Morgan fingerprint density at radius 2 is 1.62 bits per heavy atom. The van der Waals surface area contributed by atoms with Crippen molar-refractivity contribution in [3.8, 4) is 0 Å². The van der Waals surface area contributed by atoms with E-state index in [-0.39, 0.29) is 10.8 Å². The van der Waals surface area contributed by atoms with Crippen molar-refractivity contribution in [2.24, 2.45) is 0 Å². The monoisotopic (exact) mass is 409 g/mol. The van der Waals surface area contributed by atoms with Crippen molar-refractivity contribution in [1.29, 1.82) is 0 Å². The first-order valence-electron chi connectivity index (χ1n) is 9.06. The molecule has 3 aromatic rings. The summed E-state index contributed by atoms with van der Waals surface area (Å²) in [6, 6.07) is 21.0.